The molecule has 0 aromatic carbocycles. The van der Waals surface area contributed by atoms with Crippen molar-refractivity contribution >= 4 is 21.8 Å². The van der Waals surface area contributed by atoms with Crippen LogP contribution in [-0.2, 0) is 0 Å². The maximum atomic E-state index is 11.5. The molecule has 74 valence electrons. The fourth-order valence-corrected chi connectivity index (χ4v) is 1.11. The van der Waals surface area contributed by atoms with Crippen LogP contribution >= 0.6 is 15.9 Å². The number of carbonyl (C=O) groups excluding carboxylic acids is 1. The summed E-state index contributed by atoms with van der Waals surface area (Å²) in [7, 11) is 0. The van der Waals surface area contributed by atoms with Gasteiger partial charge in [0.25, 0.3) is 5.91 Å². The van der Waals surface area contributed by atoms with E-state index in [2.05, 4.69) is 32.8 Å². The van der Waals surface area contributed by atoms with Crippen LogP contribution in [0.15, 0.2) is 29.4 Å². The molecular weight excluding hydrogens is 244 g/mol. The van der Waals surface area contributed by atoms with E-state index in [4.69, 9.17) is 0 Å². The molecule has 0 aliphatic heterocycles. The molecule has 1 rings (SSSR count). The minimum atomic E-state index is -0.115. The molecule has 3 nitrogen and oxygen atoms in total. The van der Waals surface area contributed by atoms with Gasteiger partial charge in [0.15, 0.2) is 0 Å². The minimum Gasteiger partial charge on any atom is -0.347 e. The maximum absolute atomic E-state index is 11.5. The zero-order valence-corrected chi connectivity index (χ0v) is 9.47. The average Bonchev–Trinajstić information content (AvgIpc) is 2.14. The summed E-state index contributed by atoms with van der Waals surface area (Å²) in [5.41, 5.74) is 1.45. The molecule has 0 atom stereocenters. The third-order valence-corrected chi connectivity index (χ3v) is 1.88. The van der Waals surface area contributed by atoms with Crippen molar-refractivity contribution in [3.63, 3.8) is 0 Å². The molecule has 0 bridgehead atoms. The number of pyridine rings is 1. The number of halogens is 1. The largest absolute Gasteiger partial charge is 0.347 e. The van der Waals surface area contributed by atoms with Crippen molar-refractivity contribution in [3.8, 4) is 0 Å². The van der Waals surface area contributed by atoms with E-state index in [-0.39, 0.29) is 5.91 Å². The highest BCUT2D eigenvalue weighted by Gasteiger charge is 2.04. The molecule has 1 N–H and O–H groups in total. The molecule has 1 aromatic heterocycles. The summed E-state index contributed by atoms with van der Waals surface area (Å²) in [4.78, 5) is 15.5. The molecule has 0 fully saturated rings. The third-order valence-electron chi connectivity index (χ3n) is 1.60. The van der Waals surface area contributed by atoms with Gasteiger partial charge in [0.2, 0.25) is 0 Å². The maximum Gasteiger partial charge on any atom is 0.251 e. The number of amides is 1. The van der Waals surface area contributed by atoms with E-state index in [0.717, 1.165) is 10.2 Å². The number of hydrogen-bond donors (Lipinski definition) is 1. The van der Waals surface area contributed by atoms with Crippen LogP contribution in [0.5, 0.6) is 0 Å². The molecule has 4 heteroatoms. The van der Waals surface area contributed by atoms with Crippen LogP contribution in [0.1, 0.15) is 16.1 Å². The third kappa shape index (κ3) is 3.30. The summed E-state index contributed by atoms with van der Waals surface area (Å²) in [6, 6.07) is 3.42. The Morgan fingerprint density at radius 2 is 2.43 bits per heavy atom. The van der Waals surface area contributed by atoms with Gasteiger partial charge >= 0.3 is 0 Å². The van der Waals surface area contributed by atoms with Gasteiger partial charge in [0.05, 0.1) is 0 Å². The van der Waals surface area contributed by atoms with Gasteiger partial charge in [0, 0.05) is 28.5 Å². The summed E-state index contributed by atoms with van der Waals surface area (Å²) in [6.07, 6.45) is 1.62. The van der Waals surface area contributed by atoms with Crippen LogP contribution in [0.25, 0.3) is 0 Å². The van der Waals surface area contributed by atoms with Crippen LogP contribution in [0.4, 0.5) is 0 Å². The number of aryl methyl sites for hydroxylation is 1. The Morgan fingerprint density at radius 1 is 1.71 bits per heavy atom. The van der Waals surface area contributed by atoms with Crippen LogP contribution in [0, 0.1) is 6.92 Å². The lowest BCUT2D eigenvalue weighted by Crippen LogP contribution is -2.24. The van der Waals surface area contributed by atoms with Gasteiger partial charge in [-0.25, -0.2) is 0 Å². The van der Waals surface area contributed by atoms with Crippen LogP contribution < -0.4 is 5.32 Å². The van der Waals surface area contributed by atoms with Crippen molar-refractivity contribution in [3.05, 3.63) is 40.6 Å². The van der Waals surface area contributed by atoms with Crippen molar-refractivity contribution in [2.75, 3.05) is 6.54 Å². The van der Waals surface area contributed by atoms with Crippen molar-refractivity contribution in [2.24, 2.45) is 0 Å². The molecule has 0 radical (unpaired) electrons. The molecule has 1 aromatic rings. The highest BCUT2D eigenvalue weighted by molar-refractivity contribution is 9.11. The van der Waals surface area contributed by atoms with Crippen LogP contribution in [0.2, 0.25) is 0 Å². The monoisotopic (exact) mass is 254 g/mol. The number of hydrogen-bond acceptors (Lipinski definition) is 2. The molecule has 1 amide bonds. The minimum absolute atomic E-state index is 0.115. The zero-order valence-electron chi connectivity index (χ0n) is 7.88. The molecule has 0 spiro atoms. The molecule has 0 unspecified atom stereocenters. The predicted molar refractivity (Wildman–Crippen MR) is 59.4 cm³/mol. The lowest BCUT2D eigenvalue weighted by Gasteiger charge is -2.03. The first-order chi connectivity index (χ1) is 6.59. The summed E-state index contributed by atoms with van der Waals surface area (Å²) < 4.78 is 0.747. The fraction of sp³-hybridized carbons (Fsp3) is 0.200. The number of aromatic nitrogens is 1. The number of carbonyl (C=O) groups is 1. The number of rotatable bonds is 3. The average molecular weight is 255 g/mol. The summed E-state index contributed by atoms with van der Waals surface area (Å²) >= 11 is 3.17. The van der Waals surface area contributed by atoms with Gasteiger partial charge in [-0.3, -0.25) is 9.78 Å². The highest BCUT2D eigenvalue weighted by Crippen LogP contribution is 2.02. The Balaban J connectivity index is 2.65. The van der Waals surface area contributed by atoms with Crippen molar-refractivity contribution < 1.29 is 4.79 Å². The van der Waals surface area contributed by atoms with Gasteiger partial charge in [-0.15, -0.1) is 0 Å². The van der Waals surface area contributed by atoms with E-state index in [1.165, 1.54) is 0 Å². The van der Waals surface area contributed by atoms with Crippen molar-refractivity contribution in [1.29, 1.82) is 0 Å². The Labute approximate surface area is 91.4 Å². The summed E-state index contributed by atoms with van der Waals surface area (Å²) in [5, 5.41) is 2.71. The zero-order chi connectivity index (χ0) is 10.6. The fourth-order valence-electron chi connectivity index (χ4n) is 0.965. The quantitative estimate of drug-likeness (QED) is 0.897. The second kappa shape index (κ2) is 4.91. The molecule has 14 heavy (non-hydrogen) atoms. The van der Waals surface area contributed by atoms with Gasteiger partial charge in [-0.2, -0.15) is 0 Å². The van der Waals surface area contributed by atoms with E-state index in [0.29, 0.717) is 12.1 Å². The Kier molecular flexibility index (Phi) is 3.83. The van der Waals surface area contributed by atoms with Gasteiger partial charge in [0.1, 0.15) is 0 Å². The SMILES string of the molecule is C=C(Br)CNC(=O)c1ccnc(C)c1. The Bertz CT molecular complexity index is 363. The second-order valence-corrected chi connectivity index (χ2v) is 4.01. The normalized spacial score (nSPS) is 9.57. The Hall–Kier alpha value is -1.16. The number of nitrogens with zero attached hydrogens (tertiary/aromatic N) is 1. The highest BCUT2D eigenvalue weighted by atomic mass is 79.9. The predicted octanol–water partition coefficient (Wildman–Crippen LogP) is 2.03. The molecule has 0 aliphatic rings. The molecule has 1 heterocycles. The first kappa shape index (κ1) is 10.9. The lowest BCUT2D eigenvalue weighted by molar-refractivity contribution is 0.0957. The van der Waals surface area contributed by atoms with Crippen molar-refractivity contribution in [2.45, 2.75) is 6.92 Å². The van der Waals surface area contributed by atoms with E-state index < -0.39 is 0 Å². The molecule has 0 saturated carbocycles. The second-order valence-electron chi connectivity index (χ2n) is 2.89. The smallest absolute Gasteiger partial charge is 0.251 e. The Morgan fingerprint density at radius 3 is 3.00 bits per heavy atom. The van der Waals surface area contributed by atoms with Crippen molar-refractivity contribution in [1.82, 2.24) is 10.3 Å². The lowest BCUT2D eigenvalue weighted by atomic mass is 10.2. The van der Waals surface area contributed by atoms with E-state index >= 15 is 0 Å². The van der Waals surface area contributed by atoms with Crippen LogP contribution in [-0.4, -0.2) is 17.4 Å². The molecule has 0 aliphatic carbocycles. The van der Waals surface area contributed by atoms with Gasteiger partial charge in [-0.05, 0) is 19.1 Å². The van der Waals surface area contributed by atoms with E-state index in [1.807, 2.05) is 6.92 Å². The van der Waals surface area contributed by atoms with E-state index in [1.54, 1.807) is 18.3 Å². The standard InChI is InChI=1S/C10H11BrN2O/c1-7(11)6-13-10(14)9-3-4-12-8(2)5-9/h3-5H,1,6H2,2H3,(H,13,14). The van der Waals surface area contributed by atoms with Crippen LogP contribution in [0.3, 0.4) is 0 Å². The first-order valence-electron chi connectivity index (χ1n) is 4.13. The molecular formula is C10H11BrN2O. The van der Waals surface area contributed by atoms with Gasteiger partial charge in [-0.1, -0.05) is 22.5 Å². The topological polar surface area (TPSA) is 42.0 Å². The number of nitrogens with one attached hydrogen (secondary N) is 1. The summed E-state index contributed by atoms with van der Waals surface area (Å²) in [6.45, 7) is 5.91. The van der Waals surface area contributed by atoms with E-state index in [9.17, 15) is 4.79 Å². The molecule has 0 saturated heterocycles. The first-order valence-corrected chi connectivity index (χ1v) is 4.93. The van der Waals surface area contributed by atoms with Gasteiger partial charge < -0.3 is 5.32 Å². The summed E-state index contributed by atoms with van der Waals surface area (Å²) in [5.74, 6) is -0.115.